The van der Waals surface area contributed by atoms with Gasteiger partial charge >= 0.3 is 0 Å². The second-order valence-electron chi connectivity index (χ2n) is 5.63. The summed E-state index contributed by atoms with van der Waals surface area (Å²) in [7, 11) is 0. The Morgan fingerprint density at radius 3 is 2.89 bits per heavy atom. The Morgan fingerprint density at radius 1 is 1.50 bits per heavy atom. The molecule has 2 heterocycles. The van der Waals surface area contributed by atoms with Gasteiger partial charge < -0.3 is 5.73 Å². The van der Waals surface area contributed by atoms with Crippen molar-refractivity contribution in [2.24, 2.45) is 11.7 Å². The molecule has 0 bridgehead atoms. The quantitative estimate of drug-likeness (QED) is 0.901. The van der Waals surface area contributed by atoms with Gasteiger partial charge in [-0.15, -0.1) is 11.3 Å². The smallest absolute Gasteiger partial charge is 0.0595 e. The van der Waals surface area contributed by atoms with Crippen molar-refractivity contribution in [3.8, 4) is 0 Å². The van der Waals surface area contributed by atoms with E-state index in [0.29, 0.717) is 12.1 Å². The molecule has 1 aromatic heterocycles. The number of nitrogens with two attached hydrogens (primary N) is 1. The van der Waals surface area contributed by atoms with E-state index in [-0.39, 0.29) is 6.04 Å². The highest BCUT2D eigenvalue weighted by Crippen LogP contribution is 2.35. The van der Waals surface area contributed by atoms with Crippen LogP contribution in [-0.4, -0.2) is 23.5 Å². The van der Waals surface area contributed by atoms with Gasteiger partial charge in [0, 0.05) is 17.0 Å². The van der Waals surface area contributed by atoms with Gasteiger partial charge in [0.25, 0.3) is 0 Å². The minimum Gasteiger partial charge on any atom is -0.326 e. The van der Waals surface area contributed by atoms with Crippen molar-refractivity contribution in [3.05, 3.63) is 22.4 Å². The van der Waals surface area contributed by atoms with E-state index in [0.717, 1.165) is 12.3 Å². The number of nitrogens with zero attached hydrogens (tertiary/aromatic N) is 1. The zero-order chi connectivity index (χ0) is 13.1. The van der Waals surface area contributed by atoms with Crippen molar-refractivity contribution in [2.45, 2.75) is 58.2 Å². The van der Waals surface area contributed by atoms with Crippen LogP contribution in [0.2, 0.25) is 0 Å². The fourth-order valence-corrected chi connectivity index (χ4v) is 3.98. The van der Waals surface area contributed by atoms with Gasteiger partial charge in [0.15, 0.2) is 0 Å². The normalized spacial score (nSPS) is 29.1. The van der Waals surface area contributed by atoms with Crippen LogP contribution in [-0.2, 0) is 0 Å². The first-order chi connectivity index (χ1) is 8.65. The van der Waals surface area contributed by atoms with Crippen molar-refractivity contribution in [1.82, 2.24) is 4.90 Å². The van der Waals surface area contributed by atoms with Crippen molar-refractivity contribution < 1.29 is 0 Å². The summed E-state index contributed by atoms with van der Waals surface area (Å²) in [6.45, 7) is 8.14. The van der Waals surface area contributed by atoms with Gasteiger partial charge in [-0.3, -0.25) is 4.90 Å². The van der Waals surface area contributed by atoms with Gasteiger partial charge in [-0.05, 0) is 50.1 Å². The summed E-state index contributed by atoms with van der Waals surface area (Å²) in [6, 6.07) is 5.69. The Kier molecular flexibility index (Phi) is 4.82. The molecule has 0 aromatic carbocycles. The van der Waals surface area contributed by atoms with Crippen LogP contribution >= 0.6 is 11.3 Å². The first kappa shape index (κ1) is 14.0. The lowest BCUT2D eigenvalue weighted by Crippen LogP contribution is -2.49. The van der Waals surface area contributed by atoms with Crippen molar-refractivity contribution in [1.29, 1.82) is 0 Å². The van der Waals surface area contributed by atoms with E-state index in [9.17, 15) is 0 Å². The van der Waals surface area contributed by atoms with Crippen LogP contribution in [0.25, 0.3) is 0 Å². The third kappa shape index (κ3) is 2.79. The average molecular weight is 266 g/mol. The van der Waals surface area contributed by atoms with Crippen LogP contribution in [0, 0.1) is 5.92 Å². The molecule has 4 atom stereocenters. The molecule has 18 heavy (non-hydrogen) atoms. The van der Waals surface area contributed by atoms with E-state index < -0.39 is 0 Å². The number of rotatable bonds is 4. The summed E-state index contributed by atoms with van der Waals surface area (Å²) in [6.07, 6.45) is 3.71. The van der Waals surface area contributed by atoms with E-state index >= 15 is 0 Å². The fraction of sp³-hybridized carbons (Fsp3) is 0.733. The van der Waals surface area contributed by atoms with Gasteiger partial charge in [0.2, 0.25) is 0 Å². The third-order valence-corrected chi connectivity index (χ3v) is 5.43. The predicted molar refractivity (Wildman–Crippen MR) is 79.9 cm³/mol. The van der Waals surface area contributed by atoms with E-state index in [1.165, 1.54) is 24.3 Å². The minimum absolute atomic E-state index is 0.247. The van der Waals surface area contributed by atoms with Crippen LogP contribution in [0.4, 0.5) is 0 Å². The number of hydrogen-bond donors (Lipinski definition) is 1. The molecule has 4 unspecified atom stereocenters. The number of likely N-dealkylation sites (tertiary alicyclic amines) is 1. The Bertz CT molecular complexity index is 349. The predicted octanol–water partition coefficient (Wildman–Crippen LogP) is 3.65. The van der Waals surface area contributed by atoms with Crippen LogP contribution in [0.15, 0.2) is 17.5 Å². The largest absolute Gasteiger partial charge is 0.326 e. The molecule has 0 radical (unpaired) electrons. The summed E-state index contributed by atoms with van der Waals surface area (Å²) >= 11 is 1.85. The summed E-state index contributed by atoms with van der Waals surface area (Å²) < 4.78 is 0. The molecule has 2 rings (SSSR count). The molecule has 0 spiro atoms. The third-order valence-electron chi connectivity index (χ3n) is 4.49. The molecular formula is C15H26N2S. The fourth-order valence-electron chi connectivity index (χ4n) is 3.06. The maximum Gasteiger partial charge on any atom is 0.0595 e. The first-order valence-electron chi connectivity index (χ1n) is 7.19. The molecule has 1 saturated heterocycles. The van der Waals surface area contributed by atoms with Crippen LogP contribution < -0.4 is 5.73 Å². The van der Waals surface area contributed by atoms with Gasteiger partial charge in [0.1, 0.15) is 0 Å². The van der Waals surface area contributed by atoms with E-state index in [2.05, 4.69) is 43.2 Å². The minimum atomic E-state index is 0.247. The highest BCUT2D eigenvalue weighted by molar-refractivity contribution is 7.10. The molecule has 1 aromatic rings. The molecule has 2 N–H and O–H groups in total. The number of piperidine rings is 1. The first-order valence-corrected chi connectivity index (χ1v) is 8.07. The average Bonchev–Trinajstić information content (AvgIpc) is 2.88. The zero-order valence-electron chi connectivity index (χ0n) is 11.8. The molecule has 1 aliphatic heterocycles. The molecule has 1 fully saturated rings. The lowest BCUT2D eigenvalue weighted by Gasteiger charge is -2.44. The highest BCUT2D eigenvalue weighted by atomic mass is 32.1. The molecule has 0 aliphatic carbocycles. The summed E-state index contributed by atoms with van der Waals surface area (Å²) in [4.78, 5) is 4.08. The lowest BCUT2D eigenvalue weighted by atomic mass is 9.88. The van der Waals surface area contributed by atoms with Crippen LogP contribution in [0.5, 0.6) is 0 Å². The van der Waals surface area contributed by atoms with Gasteiger partial charge in [-0.25, -0.2) is 0 Å². The maximum atomic E-state index is 6.41. The zero-order valence-corrected chi connectivity index (χ0v) is 12.6. The number of hydrogen-bond acceptors (Lipinski definition) is 3. The highest BCUT2D eigenvalue weighted by Gasteiger charge is 2.34. The van der Waals surface area contributed by atoms with Crippen LogP contribution in [0.1, 0.15) is 51.0 Å². The molecule has 1 aliphatic rings. The van der Waals surface area contributed by atoms with Gasteiger partial charge in [0.05, 0.1) is 6.04 Å². The standard InChI is InChI=1S/C15H26N2S/c1-4-13(16)15(14-8-6-10-18-14)17-9-5-7-11(2)12(17)3/h6,8,10-13,15H,4-5,7,9,16H2,1-3H3. The SMILES string of the molecule is CCC(N)C(c1cccs1)N1CCCC(C)C1C. The molecule has 2 nitrogen and oxygen atoms in total. The van der Waals surface area contributed by atoms with Crippen molar-refractivity contribution in [3.63, 3.8) is 0 Å². The summed E-state index contributed by atoms with van der Waals surface area (Å²) in [5.74, 6) is 0.783. The topological polar surface area (TPSA) is 29.3 Å². The van der Waals surface area contributed by atoms with Gasteiger partial charge in [-0.1, -0.05) is 19.9 Å². The van der Waals surface area contributed by atoms with Crippen molar-refractivity contribution in [2.75, 3.05) is 6.54 Å². The summed E-state index contributed by atoms with van der Waals surface area (Å²) in [5, 5.41) is 2.17. The van der Waals surface area contributed by atoms with Crippen molar-refractivity contribution >= 4 is 11.3 Å². The number of thiophene rings is 1. The summed E-state index contributed by atoms with van der Waals surface area (Å²) in [5.41, 5.74) is 6.41. The Morgan fingerprint density at radius 2 is 2.28 bits per heavy atom. The van der Waals surface area contributed by atoms with E-state index in [4.69, 9.17) is 5.73 Å². The molecule has 102 valence electrons. The van der Waals surface area contributed by atoms with E-state index in [1.807, 2.05) is 11.3 Å². The molecule has 0 saturated carbocycles. The Hall–Kier alpha value is -0.380. The van der Waals surface area contributed by atoms with Crippen LogP contribution in [0.3, 0.4) is 0 Å². The monoisotopic (exact) mass is 266 g/mol. The Labute approximate surface area is 115 Å². The molecule has 3 heteroatoms. The molecular weight excluding hydrogens is 240 g/mol. The second-order valence-corrected chi connectivity index (χ2v) is 6.61. The molecule has 0 amide bonds. The maximum absolute atomic E-state index is 6.41. The Balaban J connectivity index is 2.23. The van der Waals surface area contributed by atoms with Gasteiger partial charge in [-0.2, -0.15) is 0 Å². The van der Waals surface area contributed by atoms with E-state index in [1.54, 1.807) is 0 Å². The lowest BCUT2D eigenvalue weighted by molar-refractivity contribution is 0.0562. The second kappa shape index (κ2) is 6.18.